The van der Waals surface area contributed by atoms with E-state index >= 15 is 0 Å². The summed E-state index contributed by atoms with van der Waals surface area (Å²) in [6.07, 6.45) is 2.17. The molecule has 0 atom stereocenters. The third-order valence-corrected chi connectivity index (χ3v) is 5.85. The standard InChI is InChI=1S/C28H30N2O4/c1-33-25-14-8-9-15-26(25)34-21-28(32)29(24-16-17-24)19-18-27(31)30(23-12-6-3-7-13-23)20-22-10-4-2-5-11-22/h2-15,24H,16-21H2,1H3. The number of carbonyl (C=O) groups is 2. The molecule has 0 aliphatic heterocycles. The maximum absolute atomic E-state index is 13.3. The Morgan fingerprint density at radius 3 is 2.09 bits per heavy atom. The molecule has 1 fully saturated rings. The highest BCUT2D eigenvalue weighted by molar-refractivity contribution is 5.93. The average Bonchev–Trinajstić information content (AvgIpc) is 3.72. The number of ether oxygens (including phenoxy) is 2. The van der Waals surface area contributed by atoms with E-state index in [9.17, 15) is 9.59 Å². The van der Waals surface area contributed by atoms with Crippen molar-refractivity contribution in [3.63, 3.8) is 0 Å². The van der Waals surface area contributed by atoms with E-state index in [-0.39, 0.29) is 30.9 Å². The number of benzene rings is 3. The normalized spacial score (nSPS) is 12.6. The highest BCUT2D eigenvalue weighted by Crippen LogP contribution is 2.29. The van der Waals surface area contributed by atoms with Gasteiger partial charge in [-0.1, -0.05) is 60.7 Å². The van der Waals surface area contributed by atoms with Crippen LogP contribution in [0.25, 0.3) is 0 Å². The van der Waals surface area contributed by atoms with Crippen molar-refractivity contribution in [1.29, 1.82) is 0 Å². The summed E-state index contributed by atoms with van der Waals surface area (Å²) in [6, 6.07) is 27.0. The van der Waals surface area contributed by atoms with Crippen LogP contribution in [0.4, 0.5) is 5.69 Å². The third-order valence-electron chi connectivity index (χ3n) is 5.85. The van der Waals surface area contributed by atoms with Crippen molar-refractivity contribution in [2.24, 2.45) is 0 Å². The number of rotatable bonds is 11. The summed E-state index contributed by atoms with van der Waals surface area (Å²) < 4.78 is 11.0. The van der Waals surface area contributed by atoms with E-state index in [1.807, 2.05) is 72.8 Å². The molecule has 6 heteroatoms. The van der Waals surface area contributed by atoms with Gasteiger partial charge in [-0.25, -0.2) is 0 Å². The lowest BCUT2D eigenvalue weighted by Gasteiger charge is -2.26. The lowest BCUT2D eigenvalue weighted by molar-refractivity contribution is -0.134. The fourth-order valence-corrected chi connectivity index (χ4v) is 3.91. The lowest BCUT2D eigenvalue weighted by atomic mass is 10.1. The van der Waals surface area contributed by atoms with Gasteiger partial charge in [0.2, 0.25) is 5.91 Å². The van der Waals surface area contributed by atoms with Gasteiger partial charge < -0.3 is 19.3 Å². The second-order valence-corrected chi connectivity index (χ2v) is 8.31. The van der Waals surface area contributed by atoms with Crippen LogP contribution in [0.5, 0.6) is 11.5 Å². The average molecular weight is 459 g/mol. The Bertz CT molecular complexity index is 1080. The van der Waals surface area contributed by atoms with Crippen molar-refractivity contribution in [1.82, 2.24) is 4.90 Å². The molecule has 0 spiro atoms. The van der Waals surface area contributed by atoms with Gasteiger partial charge in [0.05, 0.1) is 13.7 Å². The molecule has 34 heavy (non-hydrogen) atoms. The highest BCUT2D eigenvalue weighted by Gasteiger charge is 2.33. The molecule has 0 heterocycles. The SMILES string of the molecule is COc1ccccc1OCC(=O)N(CCC(=O)N(Cc1ccccc1)c1ccccc1)C1CC1. The molecule has 0 N–H and O–H groups in total. The van der Waals surface area contributed by atoms with Gasteiger partial charge in [0.15, 0.2) is 18.1 Å². The summed E-state index contributed by atoms with van der Waals surface area (Å²) >= 11 is 0. The fraction of sp³-hybridized carbons (Fsp3) is 0.286. The maximum Gasteiger partial charge on any atom is 0.260 e. The van der Waals surface area contributed by atoms with Crippen LogP contribution >= 0.6 is 0 Å². The molecule has 2 amide bonds. The third kappa shape index (κ3) is 6.16. The topological polar surface area (TPSA) is 59.1 Å². The summed E-state index contributed by atoms with van der Waals surface area (Å²) in [5.74, 6) is 0.987. The van der Waals surface area contributed by atoms with Gasteiger partial charge in [-0.15, -0.1) is 0 Å². The molecule has 1 aliphatic carbocycles. The molecule has 4 rings (SSSR count). The van der Waals surface area contributed by atoms with Crippen LogP contribution in [-0.2, 0) is 16.1 Å². The molecule has 1 aliphatic rings. The van der Waals surface area contributed by atoms with Gasteiger partial charge >= 0.3 is 0 Å². The van der Waals surface area contributed by atoms with Crippen molar-refractivity contribution in [3.8, 4) is 11.5 Å². The van der Waals surface area contributed by atoms with Crippen LogP contribution in [0.15, 0.2) is 84.9 Å². The Morgan fingerprint density at radius 2 is 1.44 bits per heavy atom. The molecule has 0 saturated heterocycles. The van der Waals surface area contributed by atoms with Crippen molar-refractivity contribution in [3.05, 3.63) is 90.5 Å². The zero-order chi connectivity index (χ0) is 23.8. The monoisotopic (exact) mass is 458 g/mol. The van der Waals surface area contributed by atoms with Crippen molar-refractivity contribution >= 4 is 17.5 Å². The minimum Gasteiger partial charge on any atom is -0.493 e. The number of hydrogen-bond acceptors (Lipinski definition) is 4. The first-order valence-electron chi connectivity index (χ1n) is 11.6. The van der Waals surface area contributed by atoms with Crippen LogP contribution in [0.1, 0.15) is 24.8 Å². The Kier molecular flexibility index (Phi) is 7.81. The number of methoxy groups -OCH3 is 1. The van der Waals surface area contributed by atoms with Gasteiger partial charge in [0, 0.05) is 24.7 Å². The van der Waals surface area contributed by atoms with Gasteiger partial charge in [-0.2, -0.15) is 0 Å². The number of anilines is 1. The number of carbonyl (C=O) groups excluding carboxylic acids is 2. The first-order chi connectivity index (χ1) is 16.7. The van der Waals surface area contributed by atoms with Gasteiger partial charge in [-0.05, 0) is 42.7 Å². The van der Waals surface area contributed by atoms with Crippen LogP contribution in [-0.4, -0.2) is 43.0 Å². The first kappa shape index (κ1) is 23.4. The second-order valence-electron chi connectivity index (χ2n) is 8.31. The smallest absolute Gasteiger partial charge is 0.260 e. The Morgan fingerprint density at radius 1 is 0.824 bits per heavy atom. The number of amides is 2. The largest absolute Gasteiger partial charge is 0.493 e. The predicted molar refractivity (Wildman–Crippen MR) is 132 cm³/mol. The van der Waals surface area contributed by atoms with Crippen molar-refractivity contribution < 1.29 is 19.1 Å². The molecule has 176 valence electrons. The van der Waals surface area contributed by atoms with Gasteiger partial charge in [0.25, 0.3) is 5.91 Å². The van der Waals surface area contributed by atoms with Crippen LogP contribution in [0, 0.1) is 0 Å². The maximum atomic E-state index is 13.3. The molecule has 1 saturated carbocycles. The molecule has 6 nitrogen and oxygen atoms in total. The molecule has 0 aromatic heterocycles. The summed E-state index contributed by atoms with van der Waals surface area (Å²) in [5, 5.41) is 0. The summed E-state index contributed by atoms with van der Waals surface area (Å²) in [5.41, 5.74) is 1.90. The van der Waals surface area contributed by atoms with E-state index in [0.29, 0.717) is 24.6 Å². The molecular formula is C28H30N2O4. The van der Waals surface area contributed by atoms with Crippen molar-refractivity contribution in [2.45, 2.75) is 31.8 Å². The molecule has 3 aromatic carbocycles. The quantitative estimate of drug-likeness (QED) is 0.418. The summed E-state index contributed by atoms with van der Waals surface area (Å²) in [7, 11) is 1.57. The summed E-state index contributed by atoms with van der Waals surface area (Å²) in [6.45, 7) is 0.769. The Labute approximate surface area is 200 Å². The van der Waals surface area contributed by atoms with Crippen LogP contribution < -0.4 is 14.4 Å². The minimum absolute atomic E-state index is 0.0147. The second kappa shape index (κ2) is 11.4. The minimum atomic E-state index is -0.115. The van der Waals surface area contributed by atoms with E-state index in [2.05, 4.69) is 0 Å². The first-order valence-corrected chi connectivity index (χ1v) is 11.6. The van der Waals surface area contributed by atoms with E-state index in [1.165, 1.54) is 0 Å². The van der Waals surface area contributed by atoms with Gasteiger partial charge in [0.1, 0.15) is 0 Å². The fourth-order valence-electron chi connectivity index (χ4n) is 3.91. The molecular weight excluding hydrogens is 428 g/mol. The molecule has 0 bridgehead atoms. The molecule has 0 radical (unpaired) electrons. The van der Waals surface area contributed by atoms with Crippen LogP contribution in [0.2, 0.25) is 0 Å². The Hall–Kier alpha value is -3.80. The van der Waals surface area contributed by atoms with Crippen LogP contribution in [0.3, 0.4) is 0 Å². The molecule has 0 unspecified atom stereocenters. The number of para-hydroxylation sites is 3. The highest BCUT2D eigenvalue weighted by atomic mass is 16.5. The van der Waals surface area contributed by atoms with E-state index < -0.39 is 0 Å². The number of nitrogens with zero attached hydrogens (tertiary/aromatic N) is 2. The molecule has 3 aromatic rings. The van der Waals surface area contributed by atoms with Crippen molar-refractivity contribution in [2.75, 3.05) is 25.2 Å². The van der Waals surface area contributed by atoms with Gasteiger partial charge in [-0.3, -0.25) is 9.59 Å². The summed E-state index contributed by atoms with van der Waals surface area (Å²) in [4.78, 5) is 29.9. The lowest BCUT2D eigenvalue weighted by Crippen LogP contribution is -2.40. The van der Waals surface area contributed by atoms with E-state index in [0.717, 1.165) is 24.1 Å². The number of hydrogen-bond donors (Lipinski definition) is 0. The Balaban J connectivity index is 1.40. The van der Waals surface area contributed by atoms with E-state index in [4.69, 9.17) is 9.47 Å². The van der Waals surface area contributed by atoms with E-state index in [1.54, 1.807) is 29.0 Å². The zero-order valence-corrected chi connectivity index (χ0v) is 19.4. The zero-order valence-electron chi connectivity index (χ0n) is 19.4. The predicted octanol–water partition coefficient (Wildman–Crippen LogP) is 4.69.